The summed E-state index contributed by atoms with van der Waals surface area (Å²) in [7, 11) is 0. The van der Waals surface area contributed by atoms with Gasteiger partial charge in [0, 0.05) is 18.0 Å². The third kappa shape index (κ3) is 6.82. The van der Waals surface area contributed by atoms with Crippen molar-refractivity contribution in [3.8, 4) is 0 Å². The van der Waals surface area contributed by atoms with Crippen LogP contribution >= 0.6 is 23.2 Å². The number of aliphatic carboxylic acids is 2. The van der Waals surface area contributed by atoms with Crippen LogP contribution in [0.3, 0.4) is 0 Å². The molecule has 0 heterocycles. The molecular weight excluding hydrogens is 573 g/mol. The number of carbonyl (C=O) groups is 5. The Bertz CT molecular complexity index is 1340. The van der Waals surface area contributed by atoms with Crippen LogP contribution in [0.25, 0.3) is 0 Å². The second-order valence-electron chi connectivity index (χ2n) is 11.0. The molecule has 2 aromatic carbocycles. The smallest absolute Gasteiger partial charge is 0.326 e. The van der Waals surface area contributed by atoms with Gasteiger partial charge in [-0.2, -0.15) is 0 Å². The molecule has 0 aliphatic heterocycles. The molecule has 10 nitrogen and oxygen atoms in total. The minimum atomic E-state index is -1.24. The lowest BCUT2D eigenvalue weighted by Gasteiger charge is -2.40. The van der Waals surface area contributed by atoms with Gasteiger partial charge in [0.25, 0.3) is 5.91 Å². The van der Waals surface area contributed by atoms with Crippen molar-refractivity contribution in [2.24, 2.45) is 16.7 Å². The molecular formula is C29H33Cl2N3O7. The summed E-state index contributed by atoms with van der Waals surface area (Å²) in [4.78, 5) is 62.2. The van der Waals surface area contributed by atoms with Crippen LogP contribution in [-0.2, 0) is 25.6 Å². The van der Waals surface area contributed by atoms with Crippen LogP contribution in [0.2, 0.25) is 10.0 Å². The van der Waals surface area contributed by atoms with Gasteiger partial charge in [-0.05, 0) is 55.0 Å². The van der Waals surface area contributed by atoms with E-state index in [4.69, 9.17) is 28.3 Å². The Hall–Kier alpha value is -3.63. The van der Waals surface area contributed by atoms with Crippen molar-refractivity contribution in [2.75, 3.05) is 5.32 Å². The van der Waals surface area contributed by atoms with Gasteiger partial charge in [0.05, 0.1) is 21.0 Å². The lowest BCUT2D eigenvalue weighted by Crippen LogP contribution is -2.53. The maximum atomic E-state index is 13.3. The summed E-state index contributed by atoms with van der Waals surface area (Å²) in [5, 5.41) is 27.2. The Morgan fingerprint density at radius 3 is 2.05 bits per heavy atom. The molecule has 0 bridgehead atoms. The van der Waals surface area contributed by atoms with Gasteiger partial charge in [-0.15, -0.1) is 0 Å². The number of anilines is 1. The minimum absolute atomic E-state index is 0.0212. The maximum absolute atomic E-state index is 13.3. The second kappa shape index (κ2) is 12.5. The van der Waals surface area contributed by atoms with E-state index in [0.717, 1.165) is 0 Å². The third-order valence-corrected chi connectivity index (χ3v) is 8.85. The standard InChI is InChI=1S/C29H33Cl2N3O7/c1-15(25(37)38)32-27(41)29(4)13-12-18(28(29,2)3)23(35)34-21(26(39)40)14-16-8-10-17(11-9-16)33-24(36)22-19(30)6-5-7-20(22)31/h5-11,15,18,21H,12-14H2,1-4H3,(H,32,41)(H,33,36)(H,34,35)(H,37,38)(H,39,40). The molecule has 1 saturated carbocycles. The molecule has 0 saturated heterocycles. The number of nitrogens with one attached hydrogen (secondary N) is 3. The SMILES string of the molecule is CC(NC(=O)C1(C)CCC(C(=O)NC(Cc2ccc(NC(=O)c3c(Cl)cccc3Cl)cc2)C(=O)O)C1(C)C)C(=O)O. The highest BCUT2D eigenvalue weighted by Crippen LogP contribution is 2.56. The molecule has 1 fully saturated rings. The van der Waals surface area contributed by atoms with E-state index >= 15 is 0 Å². The van der Waals surface area contributed by atoms with Crippen LogP contribution in [0.1, 0.15) is 56.5 Å². The Morgan fingerprint density at radius 1 is 0.927 bits per heavy atom. The summed E-state index contributed by atoms with van der Waals surface area (Å²) in [6, 6.07) is 8.86. The fourth-order valence-electron chi connectivity index (χ4n) is 5.12. The molecule has 3 rings (SSSR count). The predicted molar refractivity (Wildman–Crippen MR) is 154 cm³/mol. The molecule has 2 aromatic rings. The number of benzene rings is 2. The van der Waals surface area contributed by atoms with Crippen molar-refractivity contribution in [1.82, 2.24) is 10.6 Å². The minimum Gasteiger partial charge on any atom is -0.480 e. The first-order valence-corrected chi connectivity index (χ1v) is 13.8. The van der Waals surface area contributed by atoms with Gasteiger partial charge in [0.2, 0.25) is 11.8 Å². The predicted octanol–water partition coefficient (Wildman–Crippen LogP) is 4.39. The van der Waals surface area contributed by atoms with E-state index < -0.39 is 58.5 Å². The van der Waals surface area contributed by atoms with Gasteiger partial charge in [-0.25, -0.2) is 4.79 Å². The van der Waals surface area contributed by atoms with E-state index in [-0.39, 0.29) is 22.0 Å². The highest BCUT2D eigenvalue weighted by Gasteiger charge is 2.58. The number of carboxylic acid groups (broad SMARTS) is 2. The molecule has 5 N–H and O–H groups in total. The van der Waals surface area contributed by atoms with E-state index in [1.807, 2.05) is 0 Å². The zero-order valence-electron chi connectivity index (χ0n) is 23.1. The maximum Gasteiger partial charge on any atom is 0.326 e. The molecule has 0 radical (unpaired) electrons. The first-order chi connectivity index (χ1) is 19.1. The van der Waals surface area contributed by atoms with Crippen molar-refractivity contribution in [3.63, 3.8) is 0 Å². The fourth-order valence-corrected chi connectivity index (χ4v) is 5.69. The first-order valence-electron chi connectivity index (χ1n) is 13.0. The summed E-state index contributed by atoms with van der Waals surface area (Å²) in [6.45, 7) is 6.57. The quantitative estimate of drug-likeness (QED) is 0.268. The highest BCUT2D eigenvalue weighted by atomic mass is 35.5. The number of rotatable bonds is 10. The molecule has 220 valence electrons. The molecule has 1 aliphatic rings. The van der Waals surface area contributed by atoms with E-state index in [2.05, 4.69) is 16.0 Å². The van der Waals surface area contributed by atoms with Crippen LogP contribution in [0.4, 0.5) is 5.69 Å². The molecule has 4 atom stereocenters. The molecule has 0 spiro atoms. The van der Waals surface area contributed by atoms with E-state index in [1.54, 1.807) is 63.2 Å². The van der Waals surface area contributed by atoms with Gasteiger partial charge in [-0.1, -0.05) is 62.2 Å². The van der Waals surface area contributed by atoms with Crippen molar-refractivity contribution in [1.29, 1.82) is 0 Å². The molecule has 12 heteroatoms. The van der Waals surface area contributed by atoms with Gasteiger partial charge in [0.15, 0.2) is 0 Å². The summed E-state index contributed by atoms with van der Waals surface area (Å²) < 4.78 is 0. The molecule has 0 aromatic heterocycles. The summed E-state index contributed by atoms with van der Waals surface area (Å²) in [5.41, 5.74) is -0.746. The number of amides is 3. The van der Waals surface area contributed by atoms with Crippen molar-refractivity contribution >= 4 is 58.5 Å². The Kier molecular flexibility index (Phi) is 9.71. The zero-order chi connectivity index (χ0) is 30.7. The largest absolute Gasteiger partial charge is 0.480 e. The Labute approximate surface area is 247 Å². The number of carbonyl (C=O) groups excluding carboxylic acids is 3. The number of hydrogen-bond acceptors (Lipinski definition) is 5. The number of carboxylic acids is 2. The van der Waals surface area contributed by atoms with Crippen LogP contribution in [0, 0.1) is 16.7 Å². The summed E-state index contributed by atoms with van der Waals surface area (Å²) in [5.74, 6) is -4.53. The zero-order valence-corrected chi connectivity index (χ0v) is 24.6. The monoisotopic (exact) mass is 605 g/mol. The van der Waals surface area contributed by atoms with E-state index in [1.165, 1.54) is 6.92 Å². The number of hydrogen-bond donors (Lipinski definition) is 5. The lowest BCUT2D eigenvalue weighted by molar-refractivity contribution is -0.147. The van der Waals surface area contributed by atoms with Crippen LogP contribution in [-0.4, -0.2) is 52.0 Å². The van der Waals surface area contributed by atoms with Gasteiger partial charge in [0.1, 0.15) is 12.1 Å². The second-order valence-corrected chi connectivity index (χ2v) is 11.8. The van der Waals surface area contributed by atoms with Gasteiger partial charge < -0.3 is 26.2 Å². The van der Waals surface area contributed by atoms with Crippen LogP contribution in [0.15, 0.2) is 42.5 Å². The Morgan fingerprint density at radius 2 is 1.51 bits per heavy atom. The first kappa shape index (κ1) is 31.9. The van der Waals surface area contributed by atoms with E-state index in [9.17, 15) is 29.1 Å². The van der Waals surface area contributed by atoms with Crippen molar-refractivity contribution in [2.45, 2.75) is 59.0 Å². The Balaban J connectivity index is 1.67. The lowest BCUT2D eigenvalue weighted by atomic mass is 9.65. The van der Waals surface area contributed by atoms with Crippen molar-refractivity contribution in [3.05, 3.63) is 63.6 Å². The molecule has 41 heavy (non-hydrogen) atoms. The molecule has 4 unspecified atom stereocenters. The van der Waals surface area contributed by atoms with Gasteiger partial charge >= 0.3 is 11.9 Å². The van der Waals surface area contributed by atoms with Gasteiger partial charge in [-0.3, -0.25) is 19.2 Å². The number of halogens is 2. The van der Waals surface area contributed by atoms with E-state index in [0.29, 0.717) is 24.1 Å². The summed E-state index contributed by atoms with van der Waals surface area (Å²) in [6.07, 6.45) is 0.646. The molecule has 3 amide bonds. The normalized spacial score (nSPS) is 20.9. The van der Waals surface area contributed by atoms with Crippen LogP contribution in [0.5, 0.6) is 0 Å². The highest BCUT2D eigenvalue weighted by molar-refractivity contribution is 6.40. The average molecular weight is 607 g/mol. The third-order valence-electron chi connectivity index (χ3n) is 8.22. The van der Waals surface area contributed by atoms with Crippen LogP contribution < -0.4 is 16.0 Å². The average Bonchev–Trinajstić information content (AvgIpc) is 3.13. The summed E-state index contributed by atoms with van der Waals surface area (Å²) >= 11 is 12.2. The van der Waals surface area contributed by atoms with Crippen molar-refractivity contribution < 1.29 is 34.2 Å². The topological polar surface area (TPSA) is 162 Å². The fraction of sp³-hybridized carbons (Fsp3) is 0.414. The molecule has 1 aliphatic carbocycles.